The number of aromatic nitrogens is 4. The number of ether oxygens (including phenoxy) is 1. The van der Waals surface area contributed by atoms with Crippen LogP contribution in [-0.2, 0) is 4.74 Å². The Kier molecular flexibility index (Phi) is 6.39. The van der Waals surface area contributed by atoms with Gasteiger partial charge in [-0.3, -0.25) is 4.57 Å². The van der Waals surface area contributed by atoms with Gasteiger partial charge in [0.2, 0.25) is 0 Å². The van der Waals surface area contributed by atoms with Crippen LogP contribution in [0.1, 0.15) is 23.3 Å². The van der Waals surface area contributed by atoms with Crippen molar-refractivity contribution in [3.05, 3.63) is 83.9 Å². The molecule has 2 aromatic carbocycles. The maximum atomic E-state index is 13.5. The zero-order valence-corrected chi connectivity index (χ0v) is 18.4. The molecule has 35 heavy (non-hydrogen) atoms. The molecule has 0 radical (unpaired) electrons. The topological polar surface area (TPSA) is 126 Å². The summed E-state index contributed by atoms with van der Waals surface area (Å²) >= 11 is 0. The minimum atomic E-state index is -1.28. The normalized spacial score (nSPS) is 22.2. The first-order chi connectivity index (χ1) is 17.0. The molecule has 0 aliphatic carbocycles. The van der Waals surface area contributed by atoms with Gasteiger partial charge < -0.3 is 25.4 Å². The number of halogens is 2. The van der Waals surface area contributed by atoms with Crippen molar-refractivity contribution in [2.24, 2.45) is 0 Å². The molecule has 0 spiro atoms. The highest BCUT2D eigenvalue weighted by Gasteiger charge is 2.44. The van der Waals surface area contributed by atoms with Crippen LogP contribution in [-0.4, -0.2) is 66.3 Å². The third-order valence-corrected chi connectivity index (χ3v) is 6.17. The number of rotatable bonds is 7. The average Bonchev–Trinajstić information content (AvgIpc) is 3.42. The van der Waals surface area contributed by atoms with E-state index in [2.05, 4.69) is 20.3 Å². The van der Waals surface area contributed by atoms with E-state index in [-0.39, 0.29) is 17.6 Å². The molecule has 2 unspecified atom stereocenters. The highest BCUT2D eigenvalue weighted by molar-refractivity contribution is 5.82. The van der Waals surface area contributed by atoms with Crippen molar-refractivity contribution in [3.63, 3.8) is 0 Å². The molecule has 0 saturated carbocycles. The average molecular weight is 483 g/mol. The molecule has 4 aromatic rings. The molecule has 1 fully saturated rings. The van der Waals surface area contributed by atoms with Crippen LogP contribution in [0.2, 0.25) is 0 Å². The van der Waals surface area contributed by atoms with Gasteiger partial charge in [0, 0.05) is 12.5 Å². The Bertz CT molecular complexity index is 1260. The number of benzene rings is 2. The molecule has 5 rings (SSSR count). The van der Waals surface area contributed by atoms with E-state index in [1.807, 2.05) is 0 Å². The van der Waals surface area contributed by atoms with Crippen LogP contribution in [0.15, 0.2) is 61.2 Å². The van der Waals surface area contributed by atoms with Crippen LogP contribution >= 0.6 is 0 Å². The molecular weight excluding hydrogens is 460 g/mol. The Balaban J connectivity index is 1.43. The van der Waals surface area contributed by atoms with Crippen LogP contribution in [0.5, 0.6) is 0 Å². The van der Waals surface area contributed by atoms with Crippen LogP contribution in [0.3, 0.4) is 0 Å². The molecule has 1 aliphatic rings. The second kappa shape index (κ2) is 9.62. The molecule has 0 amide bonds. The van der Waals surface area contributed by atoms with Crippen molar-refractivity contribution in [2.75, 3.05) is 18.5 Å². The van der Waals surface area contributed by atoms with Gasteiger partial charge in [-0.2, -0.15) is 0 Å². The lowest BCUT2D eigenvalue weighted by Crippen LogP contribution is -2.33. The predicted molar refractivity (Wildman–Crippen MR) is 121 cm³/mol. The molecule has 1 saturated heterocycles. The van der Waals surface area contributed by atoms with Crippen LogP contribution in [0.25, 0.3) is 11.2 Å². The van der Waals surface area contributed by atoms with Crippen molar-refractivity contribution in [3.8, 4) is 0 Å². The molecule has 1 aliphatic heterocycles. The van der Waals surface area contributed by atoms with Crippen molar-refractivity contribution >= 4 is 17.0 Å². The summed E-state index contributed by atoms with van der Waals surface area (Å²) < 4.78 is 34.1. The van der Waals surface area contributed by atoms with E-state index in [1.165, 1.54) is 41.5 Å². The van der Waals surface area contributed by atoms with Gasteiger partial charge in [-0.15, -0.1) is 0 Å². The molecule has 11 heteroatoms. The zero-order valence-electron chi connectivity index (χ0n) is 18.4. The summed E-state index contributed by atoms with van der Waals surface area (Å²) in [4.78, 5) is 12.9. The maximum Gasteiger partial charge on any atom is 0.167 e. The summed E-state index contributed by atoms with van der Waals surface area (Å²) in [7, 11) is 0. The quantitative estimate of drug-likeness (QED) is 0.314. The van der Waals surface area contributed by atoms with Crippen molar-refractivity contribution in [1.29, 1.82) is 0 Å². The smallest absolute Gasteiger partial charge is 0.167 e. The summed E-state index contributed by atoms with van der Waals surface area (Å²) in [5, 5.41) is 33.1. The second-order valence-corrected chi connectivity index (χ2v) is 8.31. The van der Waals surface area contributed by atoms with E-state index >= 15 is 0 Å². The van der Waals surface area contributed by atoms with Crippen LogP contribution in [0.4, 0.5) is 14.6 Å². The third kappa shape index (κ3) is 4.46. The standard InChI is InChI=1S/C24H23F2N5O4/c25-15-5-1-13(2-6-15)17(14-3-7-16(26)8-4-14)9-27-22-19-23(29-11-28-22)31(12-30-19)24-21(34)20(33)18(10-32)35-24/h1-8,11-12,17-18,20-21,24,32-34H,9-10H2,(H,27,28,29)/t18-,20?,21?,24-/m1/s1. The molecule has 182 valence electrons. The first-order valence-corrected chi connectivity index (χ1v) is 11.0. The van der Waals surface area contributed by atoms with Gasteiger partial charge in [0.25, 0.3) is 0 Å². The lowest BCUT2D eigenvalue weighted by atomic mass is 9.91. The fourth-order valence-electron chi connectivity index (χ4n) is 4.29. The highest BCUT2D eigenvalue weighted by atomic mass is 19.1. The summed E-state index contributed by atoms with van der Waals surface area (Å²) in [5.74, 6) is -0.543. The number of hydrogen-bond donors (Lipinski definition) is 4. The molecular formula is C24H23F2N5O4. The number of anilines is 1. The van der Waals surface area contributed by atoms with E-state index in [0.29, 0.717) is 23.5 Å². The minimum absolute atomic E-state index is 0.247. The van der Waals surface area contributed by atoms with Crippen molar-refractivity contribution < 1.29 is 28.8 Å². The van der Waals surface area contributed by atoms with Gasteiger partial charge in [0.05, 0.1) is 12.9 Å². The lowest BCUT2D eigenvalue weighted by Gasteiger charge is -2.19. The van der Waals surface area contributed by atoms with Gasteiger partial charge in [0.1, 0.15) is 36.3 Å². The van der Waals surface area contributed by atoms with Crippen LogP contribution in [0, 0.1) is 11.6 Å². The zero-order chi connectivity index (χ0) is 24.5. The Morgan fingerprint density at radius 3 is 2.11 bits per heavy atom. The summed E-state index contributed by atoms with van der Waals surface area (Å²) in [6, 6.07) is 12.2. The Morgan fingerprint density at radius 1 is 0.914 bits per heavy atom. The van der Waals surface area contributed by atoms with E-state index < -0.39 is 31.1 Å². The minimum Gasteiger partial charge on any atom is -0.394 e. The van der Waals surface area contributed by atoms with Gasteiger partial charge in [0.15, 0.2) is 23.2 Å². The van der Waals surface area contributed by atoms with E-state index in [1.54, 1.807) is 24.3 Å². The fraction of sp³-hybridized carbons (Fsp3) is 0.292. The Hall–Kier alpha value is -3.51. The molecule has 2 aromatic heterocycles. The molecule has 0 bridgehead atoms. The largest absolute Gasteiger partial charge is 0.394 e. The summed E-state index contributed by atoms with van der Waals surface area (Å²) in [6.07, 6.45) is -1.71. The van der Waals surface area contributed by atoms with E-state index in [0.717, 1.165) is 11.1 Å². The number of aliphatic hydroxyl groups is 3. The van der Waals surface area contributed by atoms with Gasteiger partial charge in [-0.05, 0) is 35.4 Å². The molecule has 9 nitrogen and oxygen atoms in total. The molecule has 4 atom stereocenters. The third-order valence-electron chi connectivity index (χ3n) is 6.17. The Morgan fingerprint density at radius 2 is 1.54 bits per heavy atom. The Labute approximate surface area is 198 Å². The van der Waals surface area contributed by atoms with E-state index in [4.69, 9.17) is 4.74 Å². The SMILES string of the molecule is OC[C@H]1O[C@@H](n2cnc3c(NCC(c4ccc(F)cc4)c4ccc(F)cc4)ncnc32)C(O)C1O. The molecule has 4 N–H and O–H groups in total. The maximum absolute atomic E-state index is 13.5. The summed E-state index contributed by atoms with van der Waals surface area (Å²) in [5.41, 5.74) is 2.42. The number of fused-ring (bicyclic) bond motifs is 1. The fourth-order valence-corrected chi connectivity index (χ4v) is 4.29. The van der Waals surface area contributed by atoms with Crippen molar-refractivity contribution in [1.82, 2.24) is 19.5 Å². The number of nitrogens with zero attached hydrogens (tertiary/aromatic N) is 4. The van der Waals surface area contributed by atoms with Crippen LogP contribution < -0.4 is 5.32 Å². The lowest BCUT2D eigenvalue weighted by molar-refractivity contribution is -0.0511. The predicted octanol–water partition coefficient (Wildman–Crippen LogP) is 1.96. The van der Waals surface area contributed by atoms with Gasteiger partial charge in [-0.1, -0.05) is 24.3 Å². The highest BCUT2D eigenvalue weighted by Crippen LogP contribution is 2.32. The first kappa shape index (κ1) is 23.2. The number of aliphatic hydroxyl groups excluding tert-OH is 3. The van der Waals surface area contributed by atoms with E-state index in [9.17, 15) is 24.1 Å². The van der Waals surface area contributed by atoms with Gasteiger partial charge in [-0.25, -0.2) is 23.7 Å². The number of hydrogen-bond acceptors (Lipinski definition) is 8. The molecule has 3 heterocycles. The first-order valence-electron chi connectivity index (χ1n) is 11.0. The summed E-state index contributed by atoms with van der Waals surface area (Å²) in [6.45, 7) is -0.110. The van der Waals surface area contributed by atoms with Crippen molar-refractivity contribution in [2.45, 2.75) is 30.5 Å². The van der Waals surface area contributed by atoms with Gasteiger partial charge >= 0.3 is 0 Å². The number of nitrogens with one attached hydrogen (secondary N) is 1. The second-order valence-electron chi connectivity index (χ2n) is 8.31. The number of imidazole rings is 1. The monoisotopic (exact) mass is 483 g/mol.